The number of hydrogen-bond acceptors (Lipinski definition) is 7. The fourth-order valence-electron chi connectivity index (χ4n) is 4.87. The lowest BCUT2D eigenvalue weighted by molar-refractivity contribution is -0.179. The monoisotopic (exact) mass is 642 g/mol. The highest BCUT2D eigenvalue weighted by atomic mass is 19.4. The minimum absolute atomic E-state index is 0.00902. The number of anilines is 3. The number of alkyl halides is 3. The summed E-state index contributed by atoms with van der Waals surface area (Å²) < 4.78 is 56.3. The Hall–Kier alpha value is -4.61. The molecule has 1 aliphatic heterocycles. The smallest absolute Gasteiger partial charge is 0.407 e. The molecule has 1 fully saturated rings. The molecule has 12 heteroatoms. The summed E-state index contributed by atoms with van der Waals surface area (Å²) in [7, 11) is 0. The largest absolute Gasteiger partial charge is 0.489 e. The third-order valence-corrected chi connectivity index (χ3v) is 7.18. The molecule has 0 bridgehead atoms. The Bertz CT molecular complexity index is 1420. The summed E-state index contributed by atoms with van der Waals surface area (Å²) in [4.78, 5) is 26.0. The molecule has 46 heavy (non-hydrogen) atoms. The van der Waals surface area contributed by atoms with Gasteiger partial charge in [-0.3, -0.25) is 0 Å². The summed E-state index contributed by atoms with van der Waals surface area (Å²) in [6, 6.07) is 22.4. The van der Waals surface area contributed by atoms with E-state index in [1.54, 1.807) is 26.8 Å². The molecule has 0 spiro atoms. The van der Waals surface area contributed by atoms with Crippen LogP contribution in [0.25, 0.3) is 0 Å². The van der Waals surface area contributed by atoms with Gasteiger partial charge in [0, 0.05) is 37.1 Å². The van der Waals surface area contributed by atoms with Gasteiger partial charge in [0.1, 0.15) is 24.6 Å². The first-order valence-corrected chi connectivity index (χ1v) is 15.2. The highest BCUT2D eigenvalue weighted by Crippen LogP contribution is 2.39. The Labute approximate surface area is 267 Å². The maximum atomic E-state index is 13.3. The molecule has 9 nitrogen and oxygen atoms in total. The lowest BCUT2D eigenvalue weighted by atomic mass is 9.96. The van der Waals surface area contributed by atoms with E-state index in [0.29, 0.717) is 23.7 Å². The van der Waals surface area contributed by atoms with Crippen LogP contribution in [-0.4, -0.2) is 50.2 Å². The summed E-state index contributed by atoms with van der Waals surface area (Å²) >= 11 is 0. The standard InChI is InChI=1S/C34H41F3N4O5/c1-33(2,3)46-32(43)38-17-20-44-30-21-28(13-14-29(30)41-18-15-26(16-19-41)34(35,36)37)40-27-11-9-24(10-12-27)22-39-31(42)45-23-25-7-5-4-6-8-25/h4-14,21,26,40H,15-20,22-23H2,1-3H3,(H,38,43)(H,39,42). The Morgan fingerprint density at radius 3 is 2.17 bits per heavy atom. The quantitative estimate of drug-likeness (QED) is 0.186. The number of alkyl carbamates (subject to hydrolysis) is 2. The SMILES string of the molecule is CC(C)(C)OC(=O)NCCOc1cc(Nc2ccc(CNC(=O)OCc3ccccc3)cc2)ccc1N1CCC(C(F)(F)F)CC1. The maximum absolute atomic E-state index is 13.3. The Kier molecular flexibility index (Phi) is 11.6. The number of rotatable bonds is 11. The molecule has 0 aromatic heterocycles. The molecule has 0 saturated carbocycles. The second-order valence-electron chi connectivity index (χ2n) is 12.0. The number of nitrogens with one attached hydrogen (secondary N) is 3. The minimum atomic E-state index is -4.20. The van der Waals surface area contributed by atoms with Gasteiger partial charge in [0.2, 0.25) is 0 Å². The summed E-state index contributed by atoms with van der Waals surface area (Å²) in [5.41, 5.74) is 3.32. The van der Waals surface area contributed by atoms with Crippen molar-refractivity contribution >= 4 is 29.2 Å². The van der Waals surface area contributed by atoms with Crippen molar-refractivity contribution in [2.45, 2.75) is 58.5 Å². The van der Waals surface area contributed by atoms with Crippen LogP contribution in [-0.2, 0) is 22.6 Å². The van der Waals surface area contributed by atoms with Crippen LogP contribution in [0.15, 0.2) is 72.8 Å². The zero-order valence-electron chi connectivity index (χ0n) is 26.3. The predicted octanol–water partition coefficient (Wildman–Crippen LogP) is 7.54. The first kappa shape index (κ1) is 34.3. The molecule has 0 radical (unpaired) electrons. The Morgan fingerprint density at radius 1 is 0.848 bits per heavy atom. The molecule has 248 valence electrons. The van der Waals surface area contributed by atoms with Gasteiger partial charge in [-0.25, -0.2) is 9.59 Å². The first-order valence-electron chi connectivity index (χ1n) is 15.2. The molecular weight excluding hydrogens is 601 g/mol. The molecule has 1 heterocycles. The molecule has 1 aliphatic rings. The number of hydrogen-bond donors (Lipinski definition) is 3. The Morgan fingerprint density at radius 2 is 1.52 bits per heavy atom. The van der Waals surface area contributed by atoms with E-state index in [2.05, 4.69) is 16.0 Å². The van der Waals surface area contributed by atoms with Crippen molar-refractivity contribution in [1.29, 1.82) is 0 Å². The van der Waals surface area contributed by atoms with Crippen LogP contribution < -0.4 is 25.6 Å². The van der Waals surface area contributed by atoms with E-state index in [4.69, 9.17) is 14.2 Å². The van der Waals surface area contributed by atoms with Crippen LogP contribution >= 0.6 is 0 Å². The van der Waals surface area contributed by atoms with E-state index >= 15 is 0 Å². The molecule has 0 aliphatic carbocycles. The van der Waals surface area contributed by atoms with Crippen LogP contribution in [0.1, 0.15) is 44.7 Å². The molecule has 3 N–H and O–H groups in total. The van der Waals surface area contributed by atoms with E-state index in [9.17, 15) is 22.8 Å². The number of piperidine rings is 1. The third kappa shape index (κ3) is 11.1. The number of benzene rings is 3. The highest BCUT2D eigenvalue weighted by molar-refractivity contribution is 5.70. The van der Waals surface area contributed by atoms with Crippen molar-refractivity contribution in [3.63, 3.8) is 0 Å². The average molecular weight is 643 g/mol. The predicted molar refractivity (Wildman–Crippen MR) is 170 cm³/mol. The lowest BCUT2D eigenvalue weighted by Gasteiger charge is -2.35. The van der Waals surface area contributed by atoms with Crippen molar-refractivity contribution in [3.05, 3.63) is 83.9 Å². The van der Waals surface area contributed by atoms with E-state index < -0.39 is 29.9 Å². The molecule has 4 rings (SSSR count). The van der Waals surface area contributed by atoms with Crippen LogP contribution in [0.3, 0.4) is 0 Å². The fourth-order valence-corrected chi connectivity index (χ4v) is 4.87. The summed E-state index contributed by atoms with van der Waals surface area (Å²) in [5.74, 6) is -0.832. The zero-order chi connectivity index (χ0) is 33.2. The normalized spacial score (nSPS) is 13.9. The van der Waals surface area contributed by atoms with Gasteiger partial charge in [-0.1, -0.05) is 42.5 Å². The van der Waals surface area contributed by atoms with E-state index in [1.807, 2.05) is 71.6 Å². The van der Waals surface area contributed by atoms with E-state index in [0.717, 1.165) is 16.8 Å². The van der Waals surface area contributed by atoms with Crippen molar-refractivity contribution in [3.8, 4) is 5.75 Å². The Balaban J connectivity index is 1.35. The molecule has 0 unspecified atom stereocenters. The number of carbonyl (C=O) groups is 2. The van der Waals surface area contributed by atoms with Crippen LogP contribution in [0.5, 0.6) is 5.75 Å². The minimum Gasteiger partial charge on any atom is -0.489 e. The van der Waals surface area contributed by atoms with Gasteiger partial charge in [-0.15, -0.1) is 0 Å². The van der Waals surface area contributed by atoms with E-state index in [-0.39, 0.29) is 45.7 Å². The van der Waals surface area contributed by atoms with Gasteiger partial charge in [0.25, 0.3) is 0 Å². The molecule has 2 amide bonds. The van der Waals surface area contributed by atoms with Gasteiger partial charge in [0.05, 0.1) is 18.2 Å². The summed E-state index contributed by atoms with van der Waals surface area (Å²) in [6.45, 7) is 6.59. The fraction of sp³-hybridized carbons (Fsp3) is 0.412. The highest BCUT2D eigenvalue weighted by Gasteiger charge is 2.41. The maximum Gasteiger partial charge on any atom is 0.407 e. The van der Waals surface area contributed by atoms with Crippen molar-refractivity contribution in [1.82, 2.24) is 10.6 Å². The van der Waals surface area contributed by atoms with Crippen molar-refractivity contribution < 1.29 is 37.0 Å². The second kappa shape index (κ2) is 15.6. The third-order valence-electron chi connectivity index (χ3n) is 7.18. The number of amides is 2. The number of nitrogens with zero attached hydrogens (tertiary/aromatic N) is 1. The second-order valence-corrected chi connectivity index (χ2v) is 12.0. The topological polar surface area (TPSA) is 101 Å². The van der Waals surface area contributed by atoms with Crippen LogP contribution in [0.2, 0.25) is 0 Å². The molecular formula is C34H41F3N4O5. The lowest BCUT2D eigenvalue weighted by Crippen LogP contribution is -2.39. The number of halogens is 3. The van der Waals surface area contributed by atoms with Gasteiger partial charge in [-0.05, 0) is 69.0 Å². The molecule has 1 saturated heterocycles. The van der Waals surface area contributed by atoms with Gasteiger partial charge >= 0.3 is 18.4 Å². The van der Waals surface area contributed by atoms with Crippen molar-refractivity contribution in [2.75, 3.05) is 36.5 Å². The number of carbonyl (C=O) groups excluding carboxylic acids is 2. The molecule has 3 aromatic rings. The first-order chi connectivity index (χ1) is 21.9. The van der Waals surface area contributed by atoms with Crippen LogP contribution in [0.4, 0.5) is 39.8 Å². The van der Waals surface area contributed by atoms with Gasteiger partial charge in [-0.2, -0.15) is 13.2 Å². The molecule has 3 aromatic carbocycles. The summed E-state index contributed by atoms with van der Waals surface area (Å²) in [5, 5.41) is 8.70. The average Bonchev–Trinajstić information content (AvgIpc) is 3.01. The van der Waals surface area contributed by atoms with Crippen LogP contribution in [0, 0.1) is 5.92 Å². The van der Waals surface area contributed by atoms with Gasteiger partial charge in [0.15, 0.2) is 0 Å². The zero-order valence-corrected chi connectivity index (χ0v) is 26.3. The van der Waals surface area contributed by atoms with Crippen molar-refractivity contribution in [2.24, 2.45) is 5.92 Å². The summed E-state index contributed by atoms with van der Waals surface area (Å²) in [6.07, 6.45) is -5.26. The number of ether oxygens (including phenoxy) is 3. The molecule has 0 atom stereocenters. The van der Waals surface area contributed by atoms with Gasteiger partial charge < -0.3 is 35.1 Å². The van der Waals surface area contributed by atoms with E-state index in [1.165, 1.54) is 0 Å².